The fourth-order valence-electron chi connectivity index (χ4n) is 3.96. The van der Waals surface area contributed by atoms with Crippen LogP contribution in [0, 0.1) is 0 Å². The highest BCUT2D eigenvalue weighted by Crippen LogP contribution is 2.35. The summed E-state index contributed by atoms with van der Waals surface area (Å²) < 4.78 is 7.79. The smallest absolute Gasteiger partial charge is 0.273 e. The van der Waals surface area contributed by atoms with E-state index in [1.165, 1.54) is 11.3 Å². The molecule has 2 aromatic rings. The molecule has 0 spiro atoms. The molecule has 6 nitrogen and oxygen atoms in total. The number of pyridine rings is 1. The van der Waals surface area contributed by atoms with Gasteiger partial charge in [0.2, 0.25) is 0 Å². The SMILES string of the molecule is CCn1nc(C2CCCCN2C(=O)c2ccccn2)c2c1CCOC2. The quantitative estimate of drug-likeness (QED) is 0.862. The normalized spacial score (nSPS) is 20.4. The van der Waals surface area contributed by atoms with Crippen LogP contribution in [0.1, 0.15) is 59.7 Å². The zero-order valence-corrected chi connectivity index (χ0v) is 14.6. The third-order valence-electron chi connectivity index (χ3n) is 5.19. The van der Waals surface area contributed by atoms with Crippen molar-refractivity contribution < 1.29 is 9.53 Å². The summed E-state index contributed by atoms with van der Waals surface area (Å²) in [5, 5.41) is 4.88. The molecule has 0 aromatic carbocycles. The lowest BCUT2D eigenvalue weighted by Gasteiger charge is -2.35. The van der Waals surface area contributed by atoms with Crippen LogP contribution in [0.15, 0.2) is 24.4 Å². The Kier molecular flexibility index (Phi) is 4.53. The van der Waals surface area contributed by atoms with Gasteiger partial charge in [-0.2, -0.15) is 5.10 Å². The summed E-state index contributed by atoms with van der Waals surface area (Å²) in [6.07, 6.45) is 5.67. The number of aryl methyl sites for hydroxylation is 1. The predicted octanol–water partition coefficient (Wildman–Crippen LogP) is 2.74. The number of hydrogen-bond donors (Lipinski definition) is 0. The van der Waals surface area contributed by atoms with E-state index < -0.39 is 0 Å². The van der Waals surface area contributed by atoms with E-state index in [-0.39, 0.29) is 11.9 Å². The standard InChI is InChI=1S/C19H24N4O2/c1-2-23-16-9-12-25-13-14(16)18(21-23)17-8-4-6-11-22(17)19(24)15-7-3-5-10-20-15/h3,5,7,10,17H,2,4,6,8-9,11-13H2,1H3. The molecule has 1 fully saturated rings. The molecule has 2 aromatic heterocycles. The Bertz CT molecular complexity index is 756. The lowest BCUT2D eigenvalue weighted by atomic mass is 9.95. The van der Waals surface area contributed by atoms with E-state index in [0.717, 1.165) is 51.1 Å². The molecule has 6 heteroatoms. The van der Waals surface area contributed by atoms with Crippen molar-refractivity contribution in [2.75, 3.05) is 13.2 Å². The molecule has 4 heterocycles. The Morgan fingerprint density at radius 3 is 3.08 bits per heavy atom. The average molecular weight is 340 g/mol. The van der Waals surface area contributed by atoms with Gasteiger partial charge in [-0.1, -0.05) is 6.07 Å². The molecular weight excluding hydrogens is 316 g/mol. The summed E-state index contributed by atoms with van der Waals surface area (Å²) in [6, 6.07) is 5.51. The van der Waals surface area contributed by atoms with Gasteiger partial charge in [0.25, 0.3) is 5.91 Å². The lowest BCUT2D eigenvalue weighted by Crippen LogP contribution is -2.39. The lowest BCUT2D eigenvalue weighted by molar-refractivity contribution is 0.0590. The summed E-state index contributed by atoms with van der Waals surface area (Å²) in [7, 11) is 0. The van der Waals surface area contributed by atoms with Gasteiger partial charge in [0.05, 0.1) is 24.9 Å². The van der Waals surface area contributed by atoms with Gasteiger partial charge in [0.1, 0.15) is 5.69 Å². The molecule has 0 aliphatic carbocycles. The van der Waals surface area contributed by atoms with Crippen LogP contribution in [0.2, 0.25) is 0 Å². The minimum absolute atomic E-state index is 0.00169. The highest BCUT2D eigenvalue weighted by atomic mass is 16.5. The largest absolute Gasteiger partial charge is 0.376 e. The maximum absolute atomic E-state index is 13.0. The Labute approximate surface area is 147 Å². The van der Waals surface area contributed by atoms with E-state index in [0.29, 0.717) is 12.3 Å². The summed E-state index contributed by atoms with van der Waals surface area (Å²) >= 11 is 0. The van der Waals surface area contributed by atoms with Crippen molar-refractivity contribution in [3.05, 3.63) is 47.0 Å². The number of carbonyl (C=O) groups is 1. The number of ether oxygens (including phenoxy) is 1. The van der Waals surface area contributed by atoms with Gasteiger partial charge in [-0.3, -0.25) is 14.5 Å². The second-order valence-electron chi connectivity index (χ2n) is 6.65. The molecule has 0 N–H and O–H groups in total. The van der Waals surface area contributed by atoms with Crippen LogP contribution in [-0.2, 0) is 24.3 Å². The van der Waals surface area contributed by atoms with Crippen LogP contribution in [-0.4, -0.2) is 38.7 Å². The van der Waals surface area contributed by atoms with Crippen LogP contribution in [0.5, 0.6) is 0 Å². The highest BCUT2D eigenvalue weighted by Gasteiger charge is 2.34. The van der Waals surface area contributed by atoms with Gasteiger partial charge in [0.15, 0.2) is 0 Å². The van der Waals surface area contributed by atoms with E-state index in [4.69, 9.17) is 9.84 Å². The molecule has 132 valence electrons. The number of fused-ring (bicyclic) bond motifs is 1. The van der Waals surface area contributed by atoms with E-state index in [9.17, 15) is 4.79 Å². The van der Waals surface area contributed by atoms with E-state index in [1.807, 2.05) is 17.0 Å². The summed E-state index contributed by atoms with van der Waals surface area (Å²) in [5.41, 5.74) is 4.01. The number of carbonyl (C=O) groups excluding carboxylic acids is 1. The molecule has 4 rings (SSSR count). The molecular formula is C19H24N4O2. The van der Waals surface area contributed by atoms with E-state index in [1.54, 1.807) is 12.3 Å². The number of nitrogens with zero attached hydrogens (tertiary/aromatic N) is 4. The van der Waals surface area contributed by atoms with Gasteiger partial charge in [-0.05, 0) is 38.3 Å². The molecule has 25 heavy (non-hydrogen) atoms. The van der Waals surface area contributed by atoms with Gasteiger partial charge in [-0.15, -0.1) is 0 Å². The highest BCUT2D eigenvalue weighted by molar-refractivity contribution is 5.92. The maximum atomic E-state index is 13.0. The number of likely N-dealkylation sites (tertiary alicyclic amines) is 1. The Morgan fingerprint density at radius 1 is 1.36 bits per heavy atom. The van der Waals surface area contributed by atoms with Crippen molar-refractivity contribution >= 4 is 5.91 Å². The van der Waals surface area contributed by atoms with Gasteiger partial charge in [0, 0.05) is 37.0 Å². The molecule has 2 aliphatic heterocycles. The predicted molar refractivity (Wildman–Crippen MR) is 93.1 cm³/mol. The second kappa shape index (κ2) is 6.96. The minimum Gasteiger partial charge on any atom is -0.376 e. The first-order valence-electron chi connectivity index (χ1n) is 9.17. The summed E-state index contributed by atoms with van der Waals surface area (Å²) in [5.74, 6) is 0.00169. The van der Waals surface area contributed by atoms with Crippen LogP contribution in [0.4, 0.5) is 0 Å². The second-order valence-corrected chi connectivity index (χ2v) is 6.65. The van der Waals surface area contributed by atoms with E-state index in [2.05, 4.69) is 16.6 Å². The Morgan fingerprint density at radius 2 is 2.28 bits per heavy atom. The zero-order valence-electron chi connectivity index (χ0n) is 14.6. The third kappa shape index (κ3) is 2.95. The van der Waals surface area contributed by atoms with Crippen LogP contribution in [0.3, 0.4) is 0 Å². The number of piperidine rings is 1. The first kappa shape index (κ1) is 16.3. The molecule has 1 saturated heterocycles. The molecule has 0 saturated carbocycles. The van der Waals surface area contributed by atoms with Gasteiger partial charge < -0.3 is 9.64 Å². The molecule has 1 amide bonds. The fraction of sp³-hybridized carbons (Fsp3) is 0.526. The van der Waals surface area contributed by atoms with Crippen molar-refractivity contribution in [2.24, 2.45) is 0 Å². The van der Waals surface area contributed by atoms with Crippen molar-refractivity contribution in [2.45, 2.75) is 51.8 Å². The van der Waals surface area contributed by atoms with Crippen molar-refractivity contribution in [3.63, 3.8) is 0 Å². The molecule has 1 unspecified atom stereocenters. The Hall–Kier alpha value is -2.21. The first-order valence-corrected chi connectivity index (χ1v) is 9.17. The first-order chi connectivity index (χ1) is 12.3. The van der Waals surface area contributed by atoms with Crippen LogP contribution in [0.25, 0.3) is 0 Å². The molecule has 0 bridgehead atoms. The average Bonchev–Trinajstić information content (AvgIpc) is 3.07. The zero-order chi connectivity index (χ0) is 17.2. The monoisotopic (exact) mass is 340 g/mol. The van der Waals surface area contributed by atoms with Crippen molar-refractivity contribution in [3.8, 4) is 0 Å². The van der Waals surface area contributed by atoms with Crippen molar-refractivity contribution in [1.82, 2.24) is 19.7 Å². The number of rotatable bonds is 3. The number of hydrogen-bond acceptors (Lipinski definition) is 4. The van der Waals surface area contributed by atoms with Gasteiger partial charge >= 0.3 is 0 Å². The van der Waals surface area contributed by atoms with E-state index >= 15 is 0 Å². The third-order valence-corrected chi connectivity index (χ3v) is 5.19. The maximum Gasteiger partial charge on any atom is 0.273 e. The Balaban J connectivity index is 1.70. The fourth-order valence-corrected chi connectivity index (χ4v) is 3.96. The number of amides is 1. The number of aromatic nitrogens is 3. The molecule has 1 atom stereocenters. The van der Waals surface area contributed by atoms with Crippen molar-refractivity contribution in [1.29, 1.82) is 0 Å². The molecule has 2 aliphatic rings. The summed E-state index contributed by atoms with van der Waals surface area (Å²) in [6.45, 7) is 5.08. The molecule has 0 radical (unpaired) electrons. The van der Waals surface area contributed by atoms with Gasteiger partial charge in [-0.25, -0.2) is 0 Å². The van der Waals surface area contributed by atoms with Crippen LogP contribution >= 0.6 is 0 Å². The summed E-state index contributed by atoms with van der Waals surface area (Å²) in [4.78, 5) is 19.2. The van der Waals surface area contributed by atoms with Crippen LogP contribution < -0.4 is 0 Å². The topological polar surface area (TPSA) is 60.2 Å². The minimum atomic E-state index is 0.00169.